The molecule has 152 valence electrons. The van der Waals surface area contributed by atoms with Crippen LogP contribution in [0.15, 0.2) is 54.0 Å². The van der Waals surface area contributed by atoms with Crippen molar-refractivity contribution in [1.29, 1.82) is 0 Å². The molecule has 11 heteroatoms. The molecule has 1 aliphatic rings. The lowest BCUT2D eigenvalue weighted by molar-refractivity contribution is 0.642. The van der Waals surface area contributed by atoms with Crippen LogP contribution in [-0.4, -0.2) is 39.3 Å². The summed E-state index contributed by atoms with van der Waals surface area (Å²) in [4.78, 5) is 29.4. The monoisotopic (exact) mass is 431 g/mol. The molecule has 10 nitrogen and oxygen atoms in total. The van der Waals surface area contributed by atoms with Crippen LogP contribution in [-0.2, 0) is 0 Å². The van der Waals surface area contributed by atoms with Crippen LogP contribution in [0, 0.1) is 0 Å². The molecule has 1 aliphatic carbocycles. The van der Waals surface area contributed by atoms with E-state index in [4.69, 9.17) is 16.6 Å². The summed E-state index contributed by atoms with van der Waals surface area (Å²) in [6.45, 7) is 0. The number of benzene rings is 1. The van der Waals surface area contributed by atoms with Crippen molar-refractivity contribution in [3.63, 3.8) is 0 Å². The fourth-order valence-electron chi connectivity index (χ4n) is 3.38. The number of fused-ring (bicyclic) bond motifs is 3. The van der Waals surface area contributed by atoms with Crippen molar-refractivity contribution >= 4 is 39.8 Å². The Kier molecular flexibility index (Phi) is 3.93. The van der Waals surface area contributed by atoms with Crippen molar-refractivity contribution in [2.75, 3.05) is 5.32 Å². The zero-order valence-corrected chi connectivity index (χ0v) is 16.7. The van der Waals surface area contributed by atoms with E-state index in [1.807, 2.05) is 23.0 Å². The number of nitrogens with zero attached hydrogens (tertiary/aromatic N) is 8. The minimum Gasteiger partial charge on any atom is -0.318 e. The molecule has 0 radical (unpaired) electrons. The molecule has 6 rings (SSSR count). The van der Waals surface area contributed by atoms with Gasteiger partial charge in [-0.15, -0.1) is 5.10 Å². The van der Waals surface area contributed by atoms with Gasteiger partial charge in [-0.25, -0.2) is 15.0 Å². The van der Waals surface area contributed by atoms with Gasteiger partial charge in [0.15, 0.2) is 11.5 Å². The second-order valence-electron chi connectivity index (χ2n) is 7.23. The number of aromatic nitrogens is 8. The van der Waals surface area contributed by atoms with E-state index in [1.165, 1.54) is 18.6 Å². The zero-order chi connectivity index (χ0) is 20.9. The predicted octanol–water partition coefficient (Wildman–Crippen LogP) is 3.02. The van der Waals surface area contributed by atoms with Crippen LogP contribution in [0.2, 0.25) is 5.02 Å². The van der Waals surface area contributed by atoms with Gasteiger partial charge in [0.05, 0.1) is 34.5 Å². The zero-order valence-electron chi connectivity index (χ0n) is 16.0. The first-order chi connectivity index (χ1) is 15.2. The van der Waals surface area contributed by atoms with E-state index >= 15 is 0 Å². The molecule has 1 N–H and O–H groups in total. The van der Waals surface area contributed by atoms with Crippen LogP contribution in [0.4, 0.5) is 11.6 Å². The van der Waals surface area contributed by atoms with E-state index in [9.17, 15) is 4.79 Å². The molecule has 0 bridgehead atoms. The minimum absolute atomic E-state index is 0.156. The molecule has 4 aromatic heterocycles. The van der Waals surface area contributed by atoms with Crippen LogP contribution in [0.3, 0.4) is 0 Å². The quantitative estimate of drug-likeness (QED) is 0.461. The Morgan fingerprint density at radius 3 is 2.90 bits per heavy atom. The van der Waals surface area contributed by atoms with E-state index in [1.54, 1.807) is 16.8 Å². The second-order valence-corrected chi connectivity index (χ2v) is 7.64. The van der Waals surface area contributed by atoms with Gasteiger partial charge in [-0.2, -0.15) is 9.61 Å². The molecular formula is C20H14ClN9O. The van der Waals surface area contributed by atoms with Crippen LogP contribution in [0.1, 0.15) is 18.9 Å². The summed E-state index contributed by atoms with van der Waals surface area (Å²) in [5.74, 6) is 0.775. The Morgan fingerprint density at radius 1 is 1.13 bits per heavy atom. The van der Waals surface area contributed by atoms with E-state index in [0.717, 1.165) is 23.8 Å². The first-order valence-electron chi connectivity index (χ1n) is 9.64. The highest BCUT2D eigenvalue weighted by molar-refractivity contribution is 6.35. The Morgan fingerprint density at radius 2 is 2.03 bits per heavy atom. The van der Waals surface area contributed by atoms with Gasteiger partial charge >= 0.3 is 0 Å². The molecule has 1 saturated carbocycles. The summed E-state index contributed by atoms with van der Waals surface area (Å²) in [7, 11) is 0. The highest BCUT2D eigenvalue weighted by atomic mass is 35.5. The summed E-state index contributed by atoms with van der Waals surface area (Å²) in [6, 6.07) is 5.92. The van der Waals surface area contributed by atoms with Gasteiger partial charge in [0.1, 0.15) is 5.69 Å². The van der Waals surface area contributed by atoms with Crippen LogP contribution >= 0.6 is 11.6 Å². The molecule has 0 unspecified atom stereocenters. The number of nitrogens with one attached hydrogen (secondary N) is 1. The van der Waals surface area contributed by atoms with Crippen molar-refractivity contribution in [1.82, 2.24) is 39.3 Å². The molecule has 4 heterocycles. The summed E-state index contributed by atoms with van der Waals surface area (Å²) in [6.07, 6.45) is 10.1. The van der Waals surface area contributed by atoms with Crippen LogP contribution in [0.25, 0.3) is 27.9 Å². The summed E-state index contributed by atoms with van der Waals surface area (Å²) >= 11 is 6.41. The molecule has 0 atom stereocenters. The molecular weight excluding hydrogens is 418 g/mol. The number of anilines is 2. The fraction of sp³-hybridized carbons (Fsp3) is 0.150. The van der Waals surface area contributed by atoms with Gasteiger partial charge in [-0.05, 0) is 25.0 Å². The molecule has 1 fully saturated rings. The van der Waals surface area contributed by atoms with Crippen molar-refractivity contribution < 1.29 is 0 Å². The standard InChI is InChI=1S/C20H14ClN9O/c21-14-3-1-2-13-16(14)26-20(25-15-9-22-6-7-23-19(15)31)30-18(13)27-17(28-30)11-8-24-29(10-11)12-4-5-12/h1-3,6-10,12H,4-5H2,(H,23,25,26,31). The number of rotatable bonds is 4. The third-order valence-corrected chi connectivity index (χ3v) is 5.36. The predicted molar refractivity (Wildman–Crippen MR) is 114 cm³/mol. The third kappa shape index (κ3) is 3.08. The smallest absolute Gasteiger partial charge is 0.295 e. The average molecular weight is 432 g/mol. The SMILES string of the molecule is O=c1nccncc1Nc1nc2c(Cl)cccc2c2nc(-c3cnn(C4CC4)c3)nn12. The normalized spacial score (nSPS) is 13.7. The topological polar surface area (TPSA) is 116 Å². The molecule has 0 aliphatic heterocycles. The van der Waals surface area contributed by atoms with Gasteiger partial charge in [0.2, 0.25) is 5.95 Å². The van der Waals surface area contributed by atoms with Gasteiger partial charge in [-0.3, -0.25) is 14.5 Å². The lowest BCUT2D eigenvalue weighted by Crippen LogP contribution is -2.12. The number of para-hydroxylation sites is 1. The Bertz CT molecular complexity index is 1520. The first kappa shape index (κ1) is 17.9. The third-order valence-electron chi connectivity index (χ3n) is 5.06. The van der Waals surface area contributed by atoms with Gasteiger partial charge in [-0.1, -0.05) is 17.7 Å². The lowest BCUT2D eigenvalue weighted by atomic mass is 10.2. The summed E-state index contributed by atoms with van der Waals surface area (Å²) in [5, 5.41) is 13.3. The second kappa shape index (κ2) is 6.81. The van der Waals surface area contributed by atoms with E-state index in [-0.39, 0.29) is 11.6 Å². The molecule has 0 saturated heterocycles. The van der Waals surface area contributed by atoms with Gasteiger partial charge < -0.3 is 5.32 Å². The lowest BCUT2D eigenvalue weighted by Gasteiger charge is -2.08. The largest absolute Gasteiger partial charge is 0.318 e. The average Bonchev–Trinajstić information content (AvgIpc) is 3.38. The molecule has 1 aromatic carbocycles. The number of hydrogen-bond donors (Lipinski definition) is 1. The van der Waals surface area contributed by atoms with Gasteiger partial charge in [0.25, 0.3) is 5.56 Å². The van der Waals surface area contributed by atoms with Crippen molar-refractivity contribution in [3.05, 3.63) is 64.6 Å². The summed E-state index contributed by atoms with van der Waals surface area (Å²) in [5.41, 5.74) is 1.58. The Hall–Kier alpha value is -3.92. The fourth-order valence-corrected chi connectivity index (χ4v) is 3.60. The van der Waals surface area contributed by atoms with E-state index in [0.29, 0.717) is 28.1 Å². The van der Waals surface area contributed by atoms with Crippen molar-refractivity contribution in [3.8, 4) is 11.4 Å². The highest BCUT2D eigenvalue weighted by Gasteiger charge is 2.25. The highest BCUT2D eigenvalue weighted by Crippen LogP contribution is 2.35. The Labute approximate surface area is 179 Å². The van der Waals surface area contributed by atoms with Crippen molar-refractivity contribution in [2.24, 2.45) is 0 Å². The summed E-state index contributed by atoms with van der Waals surface area (Å²) < 4.78 is 3.49. The molecule has 0 amide bonds. The van der Waals surface area contributed by atoms with Crippen LogP contribution < -0.4 is 10.9 Å². The van der Waals surface area contributed by atoms with E-state index in [2.05, 4.69) is 30.5 Å². The Balaban J connectivity index is 1.57. The molecule has 0 spiro atoms. The van der Waals surface area contributed by atoms with Gasteiger partial charge in [0, 0.05) is 24.0 Å². The number of halogens is 1. The first-order valence-corrected chi connectivity index (χ1v) is 10.0. The maximum absolute atomic E-state index is 12.3. The van der Waals surface area contributed by atoms with Crippen LogP contribution in [0.5, 0.6) is 0 Å². The molecule has 31 heavy (non-hydrogen) atoms. The minimum atomic E-state index is -0.474. The van der Waals surface area contributed by atoms with E-state index < -0.39 is 5.56 Å². The number of hydrogen-bond acceptors (Lipinski definition) is 8. The molecule has 5 aromatic rings. The maximum Gasteiger partial charge on any atom is 0.295 e. The maximum atomic E-state index is 12.3. The van der Waals surface area contributed by atoms with Crippen molar-refractivity contribution in [2.45, 2.75) is 18.9 Å².